The summed E-state index contributed by atoms with van der Waals surface area (Å²) in [6.07, 6.45) is 0. The lowest BCUT2D eigenvalue weighted by Gasteiger charge is -2.04. The van der Waals surface area contributed by atoms with E-state index >= 15 is 0 Å². The quantitative estimate of drug-likeness (QED) is 0.894. The molecule has 0 bridgehead atoms. The van der Waals surface area contributed by atoms with Gasteiger partial charge in [0.2, 0.25) is 0 Å². The fourth-order valence-electron chi connectivity index (χ4n) is 1.49. The first-order valence-corrected chi connectivity index (χ1v) is 6.99. The molecule has 98 valence electrons. The molecule has 0 atom stereocenters. The molecule has 1 aromatic carbocycles. The van der Waals surface area contributed by atoms with E-state index in [1.165, 1.54) is 6.07 Å². The van der Waals surface area contributed by atoms with Gasteiger partial charge in [0.05, 0.1) is 5.00 Å². The number of rotatable bonds is 3. The third-order valence-electron chi connectivity index (χ3n) is 2.47. The standard InChI is InChI=1S/C13H10BrNO3S/c1-7-6-8(2-3-9(7)14)12(16)15-11-5-4-10(19-11)13(17)18/h2-6H,1H3,(H,15,16)(H,17,18). The Hall–Kier alpha value is -1.66. The van der Waals surface area contributed by atoms with Crippen LogP contribution in [0.3, 0.4) is 0 Å². The van der Waals surface area contributed by atoms with Crippen LogP contribution in [-0.2, 0) is 0 Å². The number of carboxylic acid groups (broad SMARTS) is 1. The SMILES string of the molecule is Cc1cc(C(=O)Nc2ccc(C(=O)O)s2)ccc1Br. The summed E-state index contributed by atoms with van der Waals surface area (Å²) in [4.78, 5) is 22.9. The third-order valence-corrected chi connectivity index (χ3v) is 4.35. The average Bonchev–Trinajstić information content (AvgIpc) is 2.81. The molecule has 2 N–H and O–H groups in total. The molecule has 1 amide bonds. The summed E-state index contributed by atoms with van der Waals surface area (Å²) in [5, 5.41) is 12.0. The maximum atomic E-state index is 12.0. The van der Waals surface area contributed by atoms with E-state index in [0.29, 0.717) is 10.6 Å². The Bertz CT molecular complexity index is 651. The Balaban J connectivity index is 2.15. The summed E-state index contributed by atoms with van der Waals surface area (Å²) in [6, 6.07) is 8.33. The van der Waals surface area contributed by atoms with Gasteiger partial charge in [-0.15, -0.1) is 11.3 Å². The second-order valence-corrected chi connectivity index (χ2v) is 5.83. The number of aromatic carboxylic acids is 1. The minimum atomic E-state index is -0.995. The molecule has 0 aliphatic carbocycles. The minimum Gasteiger partial charge on any atom is -0.477 e. The number of hydrogen-bond acceptors (Lipinski definition) is 3. The first kappa shape index (κ1) is 13.8. The van der Waals surface area contributed by atoms with Gasteiger partial charge in [-0.05, 0) is 42.8 Å². The van der Waals surface area contributed by atoms with E-state index in [9.17, 15) is 9.59 Å². The van der Waals surface area contributed by atoms with Gasteiger partial charge in [-0.2, -0.15) is 0 Å². The molecule has 1 heterocycles. The molecule has 6 heteroatoms. The fraction of sp³-hybridized carbons (Fsp3) is 0.0769. The van der Waals surface area contributed by atoms with E-state index in [4.69, 9.17) is 5.11 Å². The van der Waals surface area contributed by atoms with Crippen LogP contribution < -0.4 is 5.32 Å². The smallest absolute Gasteiger partial charge is 0.345 e. The molecular weight excluding hydrogens is 330 g/mol. The number of benzene rings is 1. The average molecular weight is 340 g/mol. The number of thiophene rings is 1. The number of aryl methyl sites for hydroxylation is 1. The Labute approximate surface area is 122 Å². The first-order valence-electron chi connectivity index (χ1n) is 5.38. The summed E-state index contributed by atoms with van der Waals surface area (Å²) >= 11 is 4.40. The predicted molar refractivity (Wildman–Crippen MR) is 78.1 cm³/mol. The molecule has 0 saturated carbocycles. The lowest BCUT2D eigenvalue weighted by atomic mass is 10.1. The molecule has 1 aromatic heterocycles. The van der Waals surface area contributed by atoms with E-state index in [1.54, 1.807) is 24.3 Å². The highest BCUT2D eigenvalue weighted by Crippen LogP contribution is 2.23. The zero-order chi connectivity index (χ0) is 14.0. The molecule has 2 aromatic rings. The van der Waals surface area contributed by atoms with Crippen molar-refractivity contribution >= 4 is 44.1 Å². The van der Waals surface area contributed by atoms with Gasteiger partial charge in [-0.3, -0.25) is 4.79 Å². The van der Waals surface area contributed by atoms with Crippen LogP contribution >= 0.6 is 27.3 Å². The van der Waals surface area contributed by atoms with Gasteiger partial charge in [0.1, 0.15) is 4.88 Å². The molecule has 0 unspecified atom stereocenters. The molecule has 0 fully saturated rings. The lowest BCUT2D eigenvalue weighted by Crippen LogP contribution is -2.10. The molecule has 0 radical (unpaired) electrons. The number of amides is 1. The molecule has 0 spiro atoms. The summed E-state index contributed by atoms with van der Waals surface area (Å²) in [6.45, 7) is 1.90. The van der Waals surface area contributed by atoms with Crippen molar-refractivity contribution in [3.8, 4) is 0 Å². The van der Waals surface area contributed by atoms with E-state index in [-0.39, 0.29) is 10.8 Å². The summed E-state index contributed by atoms with van der Waals surface area (Å²) in [5.74, 6) is -1.25. The van der Waals surface area contributed by atoms with E-state index in [0.717, 1.165) is 21.4 Å². The van der Waals surface area contributed by atoms with Crippen molar-refractivity contribution in [2.75, 3.05) is 5.32 Å². The van der Waals surface area contributed by atoms with E-state index < -0.39 is 5.97 Å². The second kappa shape index (κ2) is 5.54. The number of carbonyl (C=O) groups excluding carboxylic acids is 1. The van der Waals surface area contributed by atoms with Crippen LogP contribution in [-0.4, -0.2) is 17.0 Å². The number of halogens is 1. The Morgan fingerprint density at radius 1 is 1.26 bits per heavy atom. The largest absolute Gasteiger partial charge is 0.477 e. The van der Waals surface area contributed by atoms with Crippen LogP contribution in [0.4, 0.5) is 5.00 Å². The van der Waals surface area contributed by atoms with Gasteiger partial charge in [0.15, 0.2) is 0 Å². The van der Waals surface area contributed by atoms with Crippen molar-refractivity contribution in [2.45, 2.75) is 6.92 Å². The topological polar surface area (TPSA) is 66.4 Å². The molecule has 4 nitrogen and oxygen atoms in total. The maximum Gasteiger partial charge on any atom is 0.345 e. The van der Waals surface area contributed by atoms with Gasteiger partial charge >= 0.3 is 5.97 Å². The monoisotopic (exact) mass is 339 g/mol. The Morgan fingerprint density at radius 2 is 2.00 bits per heavy atom. The lowest BCUT2D eigenvalue weighted by molar-refractivity contribution is 0.0702. The summed E-state index contributed by atoms with van der Waals surface area (Å²) in [5.41, 5.74) is 1.50. The highest BCUT2D eigenvalue weighted by atomic mass is 79.9. The van der Waals surface area contributed by atoms with Crippen molar-refractivity contribution in [2.24, 2.45) is 0 Å². The van der Waals surface area contributed by atoms with Crippen LogP contribution in [0.5, 0.6) is 0 Å². The molecule has 0 saturated heterocycles. The van der Waals surface area contributed by atoms with Crippen molar-refractivity contribution < 1.29 is 14.7 Å². The first-order chi connectivity index (χ1) is 8.97. The second-order valence-electron chi connectivity index (χ2n) is 3.89. The highest BCUT2D eigenvalue weighted by Gasteiger charge is 2.11. The van der Waals surface area contributed by atoms with Crippen molar-refractivity contribution in [3.05, 3.63) is 50.8 Å². The number of nitrogens with one attached hydrogen (secondary N) is 1. The van der Waals surface area contributed by atoms with Gasteiger partial charge in [0.25, 0.3) is 5.91 Å². The third kappa shape index (κ3) is 3.21. The predicted octanol–water partition coefficient (Wildman–Crippen LogP) is 3.77. The number of carboxylic acids is 1. The van der Waals surface area contributed by atoms with Crippen LogP contribution in [0.15, 0.2) is 34.8 Å². The van der Waals surface area contributed by atoms with Crippen LogP contribution in [0.1, 0.15) is 25.6 Å². The molecule has 19 heavy (non-hydrogen) atoms. The zero-order valence-electron chi connectivity index (χ0n) is 9.94. The van der Waals surface area contributed by atoms with Crippen molar-refractivity contribution in [1.29, 1.82) is 0 Å². The molecule has 0 aliphatic heterocycles. The highest BCUT2D eigenvalue weighted by molar-refractivity contribution is 9.10. The van der Waals surface area contributed by atoms with Gasteiger partial charge in [-0.1, -0.05) is 15.9 Å². The maximum absolute atomic E-state index is 12.0. The molecular formula is C13H10BrNO3S. The number of hydrogen-bond donors (Lipinski definition) is 2. The fourth-order valence-corrected chi connectivity index (χ4v) is 2.48. The normalized spacial score (nSPS) is 10.2. The van der Waals surface area contributed by atoms with Gasteiger partial charge < -0.3 is 10.4 Å². The zero-order valence-corrected chi connectivity index (χ0v) is 12.3. The Morgan fingerprint density at radius 3 is 2.58 bits per heavy atom. The minimum absolute atomic E-state index is 0.197. The van der Waals surface area contributed by atoms with Crippen molar-refractivity contribution in [1.82, 2.24) is 0 Å². The molecule has 0 aliphatic rings. The number of carbonyl (C=O) groups is 2. The summed E-state index contributed by atoms with van der Waals surface area (Å²) in [7, 11) is 0. The van der Waals surface area contributed by atoms with Gasteiger partial charge in [0, 0.05) is 10.0 Å². The van der Waals surface area contributed by atoms with E-state index in [2.05, 4.69) is 21.2 Å². The summed E-state index contributed by atoms with van der Waals surface area (Å²) < 4.78 is 0.938. The molecule has 2 rings (SSSR count). The Kier molecular flexibility index (Phi) is 4.01. The van der Waals surface area contributed by atoms with Crippen LogP contribution in [0.25, 0.3) is 0 Å². The van der Waals surface area contributed by atoms with Crippen molar-refractivity contribution in [3.63, 3.8) is 0 Å². The van der Waals surface area contributed by atoms with E-state index in [1.807, 2.05) is 6.92 Å². The van der Waals surface area contributed by atoms with Crippen LogP contribution in [0, 0.1) is 6.92 Å². The van der Waals surface area contributed by atoms with Gasteiger partial charge in [-0.25, -0.2) is 4.79 Å². The van der Waals surface area contributed by atoms with Crippen LogP contribution in [0.2, 0.25) is 0 Å². The number of anilines is 1.